The van der Waals surface area contributed by atoms with E-state index in [4.69, 9.17) is 15.2 Å². The molecule has 6 heteroatoms. The van der Waals surface area contributed by atoms with E-state index in [1.54, 1.807) is 0 Å². The van der Waals surface area contributed by atoms with E-state index in [-0.39, 0.29) is 18.3 Å². The number of rotatable bonds is 3. The van der Waals surface area contributed by atoms with Crippen LogP contribution in [0, 0.1) is 12.8 Å². The summed E-state index contributed by atoms with van der Waals surface area (Å²) >= 11 is 0. The third-order valence-electron chi connectivity index (χ3n) is 7.85. The number of fused-ring (bicyclic) bond motifs is 3. The molecule has 3 aliphatic rings. The van der Waals surface area contributed by atoms with Gasteiger partial charge in [-0.15, -0.1) is 0 Å². The molecule has 2 fully saturated rings. The third kappa shape index (κ3) is 3.31. The first kappa shape index (κ1) is 20.6. The average molecular weight is 446 g/mol. The standard InChI is InChI=1S/C27H31N3O3/c1-17-24(26(31)32-16-18-6-4-8-20(28)14-18)25-21-15-19-7-5-13-30-12-3-2-11-27(19,30)33-23(21)10-9-22(25)29-17/h4,6,8-10,14,19,29H,2-3,5,7,11-13,15-16,28H2,1H3. The molecule has 0 amide bonds. The van der Waals surface area contributed by atoms with Gasteiger partial charge in [-0.2, -0.15) is 0 Å². The van der Waals surface area contributed by atoms with Crippen LogP contribution in [0.4, 0.5) is 5.69 Å². The molecule has 2 saturated heterocycles. The van der Waals surface area contributed by atoms with E-state index in [1.807, 2.05) is 37.3 Å². The summed E-state index contributed by atoms with van der Waals surface area (Å²) in [6.45, 7) is 4.39. The van der Waals surface area contributed by atoms with Crippen molar-refractivity contribution >= 4 is 22.6 Å². The highest BCUT2D eigenvalue weighted by Crippen LogP contribution is 2.50. The Bertz CT molecular complexity index is 1230. The number of carbonyl (C=O) groups is 1. The zero-order valence-corrected chi connectivity index (χ0v) is 19.2. The minimum Gasteiger partial charge on any atom is -0.472 e. The van der Waals surface area contributed by atoms with E-state index in [2.05, 4.69) is 16.0 Å². The molecule has 2 aromatic carbocycles. The second kappa shape index (κ2) is 7.80. The lowest BCUT2D eigenvalue weighted by Gasteiger charge is -2.56. The summed E-state index contributed by atoms with van der Waals surface area (Å²) < 4.78 is 12.6. The molecule has 0 saturated carbocycles. The Morgan fingerprint density at radius 1 is 1.24 bits per heavy atom. The van der Waals surface area contributed by atoms with Crippen molar-refractivity contribution in [3.8, 4) is 5.75 Å². The van der Waals surface area contributed by atoms with Crippen molar-refractivity contribution < 1.29 is 14.3 Å². The zero-order valence-electron chi connectivity index (χ0n) is 19.2. The Morgan fingerprint density at radius 2 is 2.12 bits per heavy atom. The maximum absolute atomic E-state index is 13.3. The summed E-state index contributed by atoms with van der Waals surface area (Å²) in [5.74, 6) is 1.07. The molecule has 1 aromatic heterocycles. The molecular weight excluding hydrogens is 414 g/mol. The molecule has 3 aliphatic heterocycles. The van der Waals surface area contributed by atoms with Gasteiger partial charge in [0.05, 0.1) is 5.56 Å². The number of anilines is 1. The van der Waals surface area contributed by atoms with Gasteiger partial charge in [0.15, 0.2) is 5.72 Å². The molecule has 172 valence electrons. The van der Waals surface area contributed by atoms with E-state index in [0.29, 0.717) is 17.2 Å². The summed E-state index contributed by atoms with van der Waals surface area (Å²) in [4.78, 5) is 19.3. The molecule has 3 N–H and O–H groups in total. The zero-order chi connectivity index (χ0) is 22.6. The van der Waals surface area contributed by atoms with E-state index in [1.165, 1.54) is 25.7 Å². The molecule has 1 spiro atoms. The SMILES string of the molecule is Cc1[nH]c2ccc3c(c2c1C(=O)OCc1cccc(N)c1)CC1CCCN2CCCCC12O3. The van der Waals surface area contributed by atoms with Crippen LogP contribution >= 0.6 is 0 Å². The highest BCUT2D eigenvalue weighted by atomic mass is 16.5. The van der Waals surface area contributed by atoms with Crippen molar-refractivity contribution in [3.05, 3.63) is 58.8 Å². The number of hydrogen-bond donors (Lipinski definition) is 2. The lowest BCUT2D eigenvalue weighted by molar-refractivity contribution is -0.177. The number of aromatic nitrogens is 1. The number of carbonyl (C=O) groups excluding carboxylic acids is 1. The number of nitrogens with one attached hydrogen (secondary N) is 1. The molecule has 6 nitrogen and oxygen atoms in total. The van der Waals surface area contributed by atoms with Gasteiger partial charge in [0, 0.05) is 53.3 Å². The van der Waals surface area contributed by atoms with E-state index in [0.717, 1.165) is 59.4 Å². The molecule has 3 aromatic rings. The van der Waals surface area contributed by atoms with Crippen molar-refractivity contribution in [2.24, 2.45) is 5.92 Å². The van der Waals surface area contributed by atoms with E-state index in [9.17, 15) is 4.79 Å². The fourth-order valence-corrected chi connectivity index (χ4v) is 6.37. The maximum atomic E-state index is 13.3. The van der Waals surface area contributed by atoms with Crippen LogP contribution in [0.1, 0.15) is 59.3 Å². The number of benzene rings is 2. The lowest BCUT2D eigenvalue weighted by Crippen LogP contribution is -2.64. The molecule has 0 radical (unpaired) electrons. The van der Waals surface area contributed by atoms with Gasteiger partial charge in [-0.25, -0.2) is 4.79 Å². The minimum atomic E-state index is -0.308. The van der Waals surface area contributed by atoms with Crippen LogP contribution in [0.15, 0.2) is 36.4 Å². The number of nitrogen functional groups attached to an aromatic ring is 1. The second-order valence-corrected chi connectivity index (χ2v) is 9.85. The smallest absolute Gasteiger partial charge is 0.340 e. The van der Waals surface area contributed by atoms with Gasteiger partial charge in [0.25, 0.3) is 0 Å². The van der Waals surface area contributed by atoms with Gasteiger partial charge < -0.3 is 20.2 Å². The molecule has 0 bridgehead atoms. The molecule has 33 heavy (non-hydrogen) atoms. The molecule has 2 unspecified atom stereocenters. The second-order valence-electron chi connectivity index (χ2n) is 9.85. The van der Waals surface area contributed by atoms with Crippen molar-refractivity contribution in [2.45, 2.75) is 57.8 Å². The number of esters is 1. The summed E-state index contributed by atoms with van der Waals surface area (Å²) in [7, 11) is 0. The van der Waals surface area contributed by atoms with Crippen LogP contribution in [-0.4, -0.2) is 34.7 Å². The van der Waals surface area contributed by atoms with Crippen LogP contribution in [-0.2, 0) is 17.8 Å². The number of nitrogens with zero attached hydrogens (tertiary/aromatic N) is 1. The normalized spacial score (nSPS) is 24.5. The topological polar surface area (TPSA) is 80.6 Å². The number of aromatic amines is 1. The Kier molecular flexibility index (Phi) is 4.87. The number of aryl methyl sites for hydroxylation is 1. The van der Waals surface area contributed by atoms with Crippen LogP contribution in [0.3, 0.4) is 0 Å². The van der Waals surface area contributed by atoms with Crippen LogP contribution in [0.2, 0.25) is 0 Å². The quantitative estimate of drug-likeness (QED) is 0.441. The predicted octanol–water partition coefficient (Wildman–Crippen LogP) is 4.94. The van der Waals surface area contributed by atoms with Crippen LogP contribution < -0.4 is 10.5 Å². The summed E-state index contributed by atoms with van der Waals surface area (Å²) in [5.41, 5.74) is 10.8. The maximum Gasteiger partial charge on any atom is 0.340 e. The first-order valence-corrected chi connectivity index (χ1v) is 12.1. The lowest BCUT2D eigenvalue weighted by atomic mass is 9.74. The number of piperidine rings is 2. The minimum absolute atomic E-state index is 0.170. The monoisotopic (exact) mass is 445 g/mol. The largest absolute Gasteiger partial charge is 0.472 e. The molecule has 6 rings (SSSR count). The predicted molar refractivity (Wildman–Crippen MR) is 128 cm³/mol. The third-order valence-corrected chi connectivity index (χ3v) is 7.85. The summed E-state index contributed by atoms with van der Waals surface area (Å²) in [6, 6.07) is 11.6. The Balaban J connectivity index is 1.37. The van der Waals surface area contributed by atoms with Gasteiger partial charge in [0.2, 0.25) is 0 Å². The van der Waals surface area contributed by atoms with Gasteiger partial charge in [-0.3, -0.25) is 4.90 Å². The number of H-pyrrole nitrogens is 1. The molecule has 0 aliphatic carbocycles. The van der Waals surface area contributed by atoms with Crippen molar-refractivity contribution in [1.82, 2.24) is 9.88 Å². The fraction of sp³-hybridized carbons (Fsp3) is 0.444. The van der Waals surface area contributed by atoms with Crippen LogP contribution in [0.5, 0.6) is 5.75 Å². The van der Waals surface area contributed by atoms with Crippen molar-refractivity contribution in [1.29, 1.82) is 0 Å². The van der Waals surface area contributed by atoms with Gasteiger partial charge in [0.1, 0.15) is 12.4 Å². The average Bonchev–Trinajstić information content (AvgIpc) is 3.16. The summed E-state index contributed by atoms with van der Waals surface area (Å²) in [6.07, 6.45) is 6.89. The van der Waals surface area contributed by atoms with E-state index >= 15 is 0 Å². The molecule has 2 atom stereocenters. The Hall–Kier alpha value is -2.99. The van der Waals surface area contributed by atoms with Crippen molar-refractivity contribution in [2.75, 3.05) is 18.8 Å². The Labute approximate surface area is 194 Å². The summed E-state index contributed by atoms with van der Waals surface area (Å²) in [5, 5.41) is 0.963. The highest BCUT2D eigenvalue weighted by Gasteiger charge is 2.52. The first-order chi connectivity index (χ1) is 16.0. The fourth-order valence-electron chi connectivity index (χ4n) is 6.37. The van der Waals surface area contributed by atoms with Gasteiger partial charge >= 0.3 is 5.97 Å². The van der Waals surface area contributed by atoms with Crippen molar-refractivity contribution in [3.63, 3.8) is 0 Å². The van der Waals surface area contributed by atoms with Gasteiger partial charge in [-0.1, -0.05) is 12.1 Å². The molecule has 4 heterocycles. The Morgan fingerprint density at radius 3 is 3.00 bits per heavy atom. The van der Waals surface area contributed by atoms with E-state index < -0.39 is 0 Å². The number of hydrogen-bond acceptors (Lipinski definition) is 5. The number of ether oxygens (including phenoxy) is 2. The van der Waals surface area contributed by atoms with Crippen LogP contribution in [0.25, 0.3) is 10.9 Å². The first-order valence-electron chi connectivity index (χ1n) is 12.1. The molecular formula is C27H31N3O3. The number of nitrogens with two attached hydrogens (primary N) is 1. The van der Waals surface area contributed by atoms with Gasteiger partial charge in [-0.05, 0) is 68.9 Å². The highest BCUT2D eigenvalue weighted by molar-refractivity contribution is 6.07.